The molecule has 0 spiro atoms. The Labute approximate surface area is 190 Å². The highest BCUT2D eigenvalue weighted by Gasteiger charge is 2.34. The first-order chi connectivity index (χ1) is 15.3. The third kappa shape index (κ3) is 3.34. The summed E-state index contributed by atoms with van der Waals surface area (Å²) in [6.07, 6.45) is 3.45. The van der Waals surface area contributed by atoms with Crippen LogP contribution in [0.4, 0.5) is 5.69 Å². The van der Waals surface area contributed by atoms with E-state index in [1.807, 2.05) is 6.07 Å². The van der Waals surface area contributed by atoms with E-state index in [2.05, 4.69) is 62.9 Å². The van der Waals surface area contributed by atoms with Crippen LogP contribution in [0.5, 0.6) is 0 Å². The van der Waals surface area contributed by atoms with Crippen LogP contribution in [0.25, 0.3) is 22.1 Å². The van der Waals surface area contributed by atoms with Gasteiger partial charge in [-0.25, -0.2) is 0 Å². The number of piperazine rings is 1. The number of nitrogens with zero attached hydrogens (tertiary/aromatic N) is 6. The van der Waals surface area contributed by atoms with Crippen molar-refractivity contribution >= 4 is 39.4 Å². The Hall–Kier alpha value is -2.97. The van der Waals surface area contributed by atoms with Crippen LogP contribution in [0.3, 0.4) is 0 Å². The lowest BCUT2D eigenvalue weighted by molar-refractivity contribution is 0.119. The van der Waals surface area contributed by atoms with Crippen LogP contribution in [-0.4, -0.2) is 54.8 Å². The molecule has 5 rings (SSSR count). The minimum absolute atomic E-state index is 0.0938. The Bertz CT molecular complexity index is 1360. The molecule has 0 amide bonds. The number of halogens is 1. The van der Waals surface area contributed by atoms with E-state index in [0.717, 1.165) is 35.3 Å². The first-order valence-electron chi connectivity index (χ1n) is 10.8. The zero-order valence-electron chi connectivity index (χ0n) is 18.6. The Morgan fingerprint density at radius 2 is 1.84 bits per heavy atom. The molecule has 1 fully saturated rings. The summed E-state index contributed by atoms with van der Waals surface area (Å²) in [5.74, 6) is 0. The normalized spacial score (nSPS) is 20.8. The van der Waals surface area contributed by atoms with E-state index in [9.17, 15) is 4.79 Å². The first-order valence-corrected chi connectivity index (χ1v) is 11.2. The number of aromatic amines is 1. The van der Waals surface area contributed by atoms with Crippen molar-refractivity contribution in [3.8, 4) is 0 Å². The van der Waals surface area contributed by atoms with Gasteiger partial charge < -0.3 is 9.47 Å². The minimum Gasteiger partial charge on any atom is -0.364 e. The van der Waals surface area contributed by atoms with Gasteiger partial charge in [0.15, 0.2) is 0 Å². The number of fused-ring (bicyclic) bond motifs is 2. The molecule has 0 radical (unpaired) electrons. The highest BCUT2D eigenvalue weighted by molar-refractivity contribution is 6.34. The van der Waals surface area contributed by atoms with E-state index in [0.29, 0.717) is 10.7 Å². The molecule has 0 bridgehead atoms. The van der Waals surface area contributed by atoms with Gasteiger partial charge in [-0.15, -0.1) is 0 Å². The molecule has 4 aromatic rings. The molecule has 0 unspecified atom stereocenters. The van der Waals surface area contributed by atoms with Gasteiger partial charge in [-0.2, -0.15) is 5.10 Å². The molecule has 166 valence electrons. The van der Waals surface area contributed by atoms with Gasteiger partial charge in [0.1, 0.15) is 16.2 Å². The summed E-state index contributed by atoms with van der Waals surface area (Å²) in [6, 6.07) is 8.67. The molecule has 3 aromatic heterocycles. The number of hydrogen-bond acceptors (Lipinski definition) is 6. The molecule has 9 heteroatoms. The van der Waals surface area contributed by atoms with E-state index in [-0.39, 0.29) is 23.7 Å². The Kier molecular flexibility index (Phi) is 5.14. The van der Waals surface area contributed by atoms with E-state index >= 15 is 0 Å². The minimum atomic E-state index is -0.0938. The molecule has 32 heavy (non-hydrogen) atoms. The van der Waals surface area contributed by atoms with Gasteiger partial charge in [-0.1, -0.05) is 17.7 Å². The van der Waals surface area contributed by atoms with Crippen molar-refractivity contribution in [2.24, 2.45) is 7.05 Å². The topological polar surface area (TPSA) is 82.9 Å². The number of aryl methyl sites for hydroxylation is 1. The van der Waals surface area contributed by atoms with Crippen molar-refractivity contribution in [2.45, 2.75) is 38.9 Å². The van der Waals surface area contributed by atoms with Gasteiger partial charge >= 0.3 is 0 Å². The molecule has 3 atom stereocenters. The Morgan fingerprint density at radius 1 is 1.09 bits per heavy atom. The number of rotatable bonds is 3. The maximum atomic E-state index is 12.6. The Morgan fingerprint density at radius 3 is 2.62 bits per heavy atom. The molecule has 1 saturated heterocycles. The third-order valence-electron chi connectivity index (χ3n) is 6.68. The van der Waals surface area contributed by atoms with Crippen LogP contribution in [0.2, 0.25) is 5.15 Å². The number of anilines is 1. The van der Waals surface area contributed by atoms with Crippen molar-refractivity contribution in [1.29, 1.82) is 0 Å². The van der Waals surface area contributed by atoms with E-state index in [1.165, 1.54) is 5.56 Å². The fourth-order valence-electron chi connectivity index (χ4n) is 4.87. The number of H-pyrrole nitrogens is 1. The van der Waals surface area contributed by atoms with E-state index in [4.69, 9.17) is 11.6 Å². The van der Waals surface area contributed by atoms with Crippen molar-refractivity contribution in [3.05, 3.63) is 57.7 Å². The lowest BCUT2D eigenvalue weighted by atomic mass is 10.00. The average molecular weight is 452 g/mol. The molecular formula is C23H26ClN7O. The average Bonchev–Trinajstić information content (AvgIpc) is 3.18. The van der Waals surface area contributed by atoms with Gasteiger partial charge in [0.2, 0.25) is 0 Å². The summed E-state index contributed by atoms with van der Waals surface area (Å²) in [5, 5.41) is 7.60. The molecule has 8 nitrogen and oxygen atoms in total. The zero-order valence-corrected chi connectivity index (χ0v) is 19.3. The van der Waals surface area contributed by atoms with Crippen LogP contribution in [0, 0.1) is 0 Å². The van der Waals surface area contributed by atoms with Crippen LogP contribution >= 0.6 is 11.6 Å². The largest absolute Gasteiger partial charge is 0.364 e. The van der Waals surface area contributed by atoms with E-state index in [1.54, 1.807) is 30.1 Å². The molecule has 1 N–H and O–H groups in total. The second-order valence-corrected chi connectivity index (χ2v) is 9.07. The summed E-state index contributed by atoms with van der Waals surface area (Å²) in [7, 11) is 1.72. The van der Waals surface area contributed by atoms with Gasteiger partial charge in [0, 0.05) is 56.7 Å². The van der Waals surface area contributed by atoms with Crippen LogP contribution in [0.15, 0.2) is 41.5 Å². The highest BCUT2D eigenvalue weighted by Crippen LogP contribution is 2.34. The summed E-state index contributed by atoms with van der Waals surface area (Å²) in [4.78, 5) is 26.2. The molecule has 1 aromatic carbocycles. The molecule has 0 aliphatic carbocycles. The molecular weight excluding hydrogens is 426 g/mol. The van der Waals surface area contributed by atoms with E-state index < -0.39 is 0 Å². The Balaban J connectivity index is 1.45. The van der Waals surface area contributed by atoms with Crippen molar-refractivity contribution in [2.75, 3.05) is 18.0 Å². The second-order valence-electron chi connectivity index (χ2n) is 8.69. The maximum absolute atomic E-state index is 12.6. The quantitative estimate of drug-likeness (QED) is 0.513. The predicted molar refractivity (Wildman–Crippen MR) is 127 cm³/mol. The number of aromatic nitrogens is 5. The first kappa shape index (κ1) is 20.9. The standard InChI is InChI=1S/C23H26ClN7O/c1-13-12-31(19-10-20(32)29(4)22-21(19)27-28-23(22)24)14(2)11-30(13)15(3)16-5-6-17-18(9-16)26-8-7-25-17/h5-10,13-15H,11-12H2,1-4H3,(H,27,28)/t13-,14+,15+/m1/s1. The number of pyridine rings is 1. The molecule has 1 aliphatic heterocycles. The number of hydrogen-bond donors (Lipinski definition) is 1. The van der Waals surface area contributed by atoms with Crippen LogP contribution in [0.1, 0.15) is 32.4 Å². The predicted octanol–water partition coefficient (Wildman–Crippen LogP) is 3.52. The summed E-state index contributed by atoms with van der Waals surface area (Å²) >= 11 is 6.29. The SMILES string of the molecule is C[C@@H]1CN(c2cc(=O)n(C)c3c(Cl)[nH]nc23)[C@@H](C)CN1[C@@H](C)c1ccc2nccnc2c1. The van der Waals surface area contributed by atoms with Gasteiger partial charge in [0.05, 0.1) is 16.7 Å². The monoisotopic (exact) mass is 451 g/mol. The van der Waals surface area contributed by atoms with Crippen LogP contribution in [-0.2, 0) is 7.05 Å². The smallest absolute Gasteiger partial charge is 0.253 e. The zero-order chi connectivity index (χ0) is 22.6. The summed E-state index contributed by atoms with van der Waals surface area (Å²) in [6.45, 7) is 8.29. The lowest BCUT2D eigenvalue weighted by Gasteiger charge is -2.47. The maximum Gasteiger partial charge on any atom is 0.253 e. The second kappa shape index (κ2) is 7.86. The molecule has 4 heterocycles. The number of nitrogens with one attached hydrogen (secondary N) is 1. The summed E-state index contributed by atoms with van der Waals surface area (Å²) < 4.78 is 1.54. The van der Waals surface area contributed by atoms with Gasteiger partial charge in [-0.3, -0.25) is 24.8 Å². The van der Waals surface area contributed by atoms with Gasteiger partial charge in [0.25, 0.3) is 5.56 Å². The highest BCUT2D eigenvalue weighted by atomic mass is 35.5. The molecule has 1 aliphatic rings. The van der Waals surface area contributed by atoms with Crippen molar-refractivity contribution < 1.29 is 0 Å². The fourth-order valence-corrected chi connectivity index (χ4v) is 5.13. The van der Waals surface area contributed by atoms with Crippen molar-refractivity contribution in [3.63, 3.8) is 0 Å². The molecule has 0 saturated carbocycles. The third-order valence-corrected chi connectivity index (χ3v) is 6.95. The fraction of sp³-hybridized carbons (Fsp3) is 0.391. The van der Waals surface area contributed by atoms with Gasteiger partial charge in [-0.05, 0) is 38.5 Å². The van der Waals surface area contributed by atoms with Crippen LogP contribution < -0.4 is 10.5 Å². The number of benzene rings is 1. The van der Waals surface area contributed by atoms with Crippen molar-refractivity contribution in [1.82, 2.24) is 29.6 Å². The summed E-state index contributed by atoms with van der Waals surface area (Å²) in [5.41, 5.74) is 5.15. The lowest BCUT2D eigenvalue weighted by Crippen LogP contribution is -2.57.